The maximum Gasteiger partial charge on any atom is 0.261 e. The number of sulfonamides is 1. The highest BCUT2D eigenvalue weighted by atomic mass is 32.2. The van der Waals surface area contributed by atoms with Gasteiger partial charge in [-0.15, -0.1) is 0 Å². The zero-order valence-electron chi connectivity index (χ0n) is 15.4. The molecule has 9 heteroatoms. The molecule has 0 atom stereocenters. The molecule has 2 N–H and O–H groups in total. The zero-order valence-corrected chi connectivity index (χ0v) is 16.2. The summed E-state index contributed by atoms with van der Waals surface area (Å²) >= 11 is 0. The maximum absolute atomic E-state index is 12.6. The van der Waals surface area contributed by atoms with Gasteiger partial charge in [-0.1, -0.05) is 0 Å². The van der Waals surface area contributed by atoms with E-state index < -0.39 is 21.8 Å². The number of benzene rings is 2. The van der Waals surface area contributed by atoms with Gasteiger partial charge in [0.1, 0.15) is 0 Å². The number of imide groups is 1. The van der Waals surface area contributed by atoms with Crippen LogP contribution in [0.4, 0.5) is 5.69 Å². The summed E-state index contributed by atoms with van der Waals surface area (Å²) in [5.41, 5.74) is 0.896. The van der Waals surface area contributed by atoms with Gasteiger partial charge in [0.15, 0.2) is 0 Å². The molecule has 3 rings (SSSR count). The lowest BCUT2D eigenvalue weighted by Crippen LogP contribution is -2.30. The SMILES string of the molecule is CCN(CC)C(=O)c1ccc(NS(=O)(=O)c2ccc3c(c2)C(=O)NC3=O)cc1. The normalized spacial score (nSPS) is 13.1. The van der Waals surface area contributed by atoms with Gasteiger partial charge in [0.05, 0.1) is 16.0 Å². The van der Waals surface area contributed by atoms with Crippen LogP contribution in [0.3, 0.4) is 0 Å². The lowest BCUT2D eigenvalue weighted by molar-refractivity contribution is 0.0772. The minimum Gasteiger partial charge on any atom is -0.339 e. The van der Waals surface area contributed by atoms with E-state index in [9.17, 15) is 22.8 Å². The molecule has 0 radical (unpaired) electrons. The molecule has 0 spiro atoms. The van der Waals surface area contributed by atoms with Gasteiger partial charge in [-0.3, -0.25) is 24.4 Å². The van der Waals surface area contributed by atoms with E-state index in [4.69, 9.17) is 0 Å². The van der Waals surface area contributed by atoms with Crippen molar-refractivity contribution >= 4 is 33.4 Å². The summed E-state index contributed by atoms with van der Waals surface area (Å²) in [6, 6.07) is 9.82. The van der Waals surface area contributed by atoms with Crippen molar-refractivity contribution in [3.8, 4) is 0 Å². The molecule has 0 saturated carbocycles. The first-order valence-electron chi connectivity index (χ1n) is 8.68. The minimum atomic E-state index is -3.97. The Morgan fingerprint density at radius 1 is 0.964 bits per heavy atom. The number of carbonyl (C=O) groups is 3. The molecular formula is C19H19N3O5S. The van der Waals surface area contributed by atoms with Crippen molar-refractivity contribution in [2.45, 2.75) is 18.7 Å². The Morgan fingerprint density at radius 3 is 2.18 bits per heavy atom. The molecule has 2 aromatic carbocycles. The number of amides is 3. The van der Waals surface area contributed by atoms with Crippen LogP contribution in [0.25, 0.3) is 0 Å². The van der Waals surface area contributed by atoms with Crippen LogP contribution in [0, 0.1) is 0 Å². The lowest BCUT2D eigenvalue weighted by atomic mass is 10.1. The quantitative estimate of drug-likeness (QED) is 0.718. The summed E-state index contributed by atoms with van der Waals surface area (Å²) < 4.78 is 27.6. The highest BCUT2D eigenvalue weighted by Crippen LogP contribution is 2.22. The van der Waals surface area contributed by atoms with Crippen LogP contribution in [0.5, 0.6) is 0 Å². The molecule has 0 aromatic heterocycles. The van der Waals surface area contributed by atoms with Gasteiger partial charge in [-0.05, 0) is 56.3 Å². The largest absolute Gasteiger partial charge is 0.339 e. The summed E-state index contributed by atoms with van der Waals surface area (Å²) in [5, 5.41) is 2.12. The Hall–Kier alpha value is -3.20. The van der Waals surface area contributed by atoms with Crippen LogP contribution < -0.4 is 10.0 Å². The zero-order chi connectivity index (χ0) is 20.5. The third-order valence-corrected chi connectivity index (χ3v) is 5.83. The van der Waals surface area contributed by atoms with E-state index in [1.54, 1.807) is 17.0 Å². The predicted octanol–water partition coefficient (Wildman–Crippen LogP) is 1.85. The fourth-order valence-electron chi connectivity index (χ4n) is 2.90. The molecule has 0 bridgehead atoms. The first-order chi connectivity index (χ1) is 13.3. The molecule has 1 aliphatic heterocycles. The van der Waals surface area contributed by atoms with Gasteiger partial charge >= 0.3 is 0 Å². The molecule has 1 aliphatic rings. The minimum absolute atomic E-state index is 0.0213. The second kappa shape index (κ2) is 7.43. The van der Waals surface area contributed by atoms with Crippen LogP contribution in [0.2, 0.25) is 0 Å². The van der Waals surface area contributed by atoms with E-state index in [1.165, 1.54) is 24.3 Å². The van der Waals surface area contributed by atoms with E-state index in [2.05, 4.69) is 10.0 Å². The van der Waals surface area contributed by atoms with Gasteiger partial charge < -0.3 is 4.90 Å². The van der Waals surface area contributed by atoms with Crippen LogP contribution in [0.1, 0.15) is 44.9 Å². The van der Waals surface area contributed by atoms with Crippen LogP contribution in [-0.4, -0.2) is 44.1 Å². The van der Waals surface area contributed by atoms with Crippen LogP contribution in [-0.2, 0) is 10.0 Å². The standard InChI is InChI=1S/C19H19N3O5S/c1-3-22(4-2)19(25)12-5-7-13(8-6-12)21-28(26,27)14-9-10-15-16(11-14)18(24)20-17(15)23/h5-11,21H,3-4H2,1-2H3,(H,20,23,24). The Labute approximate surface area is 162 Å². The Balaban J connectivity index is 1.82. The van der Waals surface area contributed by atoms with E-state index in [0.717, 1.165) is 6.07 Å². The monoisotopic (exact) mass is 401 g/mol. The maximum atomic E-state index is 12.6. The smallest absolute Gasteiger partial charge is 0.261 e. The van der Waals surface area contributed by atoms with E-state index >= 15 is 0 Å². The number of rotatable bonds is 6. The molecule has 146 valence electrons. The van der Waals surface area contributed by atoms with Gasteiger partial charge in [0.2, 0.25) is 0 Å². The highest BCUT2D eigenvalue weighted by Gasteiger charge is 2.28. The third-order valence-electron chi connectivity index (χ3n) is 4.45. The first-order valence-corrected chi connectivity index (χ1v) is 10.2. The molecule has 1 heterocycles. The molecule has 8 nitrogen and oxygen atoms in total. The number of hydrogen-bond donors (Lipinski definition) is 2. The molecule has 0 fully saturated rings. The van der Waals surface area contributed by atoms with Crippen molar-refractivity contribution < 1.29 is 22.8 Å². The van der Waals surface area contributed by atoms with Gasteiger partial charge in [-0.25, -0.2) is 8.42 Å². The number of nitrogens with zero attached hydrogens (tertiary/aromatic N) is 1. The van der Waals surface area contributed by atoms with E-state index in [-0.39, 0.29) is 27.6 Å². The van der Waals surface area contributed by atoms with Crippen LogP contribution >= 0.6 is 0 Å². The second-order valence-electron chi connectivity index (χ2n) is 6.15. The first kappa shape index (κ1) is 19.6. The molecule has 0 saturated heterocycles. The van der Waals surface area contributed by atoms with Crippen LogP contribution in [0.15, 0.2) is 47.4 Å². The summed E-state index contributed by atoms with van der Waals surface area (Å²) in [6.45, 7) is 4.93. The summed E-state index contributed by atoms with van der Waals surface area (Å²) in [7, 11) is -3.97. The molecule has 28 heavy (non-hydrogen) atoms. The van der Waals surface area contributed by atoms with E-state index in [0.29, 0.717) is 18.7 Å². The lowest BCUT2D eigenvalue weighted by Gasteiger charge is -2.18. The molecule has 2 aromatic rings. The fourth-order valence-corrected chi connectivity index (χ4v) is 3.99. The average Bonchev–Trinajstić information content (AvgIpc) is 2.96. The van der Waals surface area contributed by atoms with Crippen molar-refractivity contribution in [1.29, 1.82) is 0 Å². The van der Waals surface area contributed by atoms with Crippen molar-refractivity contribution in [2.24, 2.45) is 0 Å². The topological polar surface area (TPSA) is 113 Å². The van der Waals surface area contributed by atoms with Gasteiger partial charge in [0, 0.05) is 24.3 Å². The Bertz CT molecular complexity index is 1060. The summed E-state index contributed by atoms with van der Waals surface area (Å²) in [6.07, 6.45) is 0. The molecule has 3 amide bonds. The van der Waals surface area contributed by atoms with Crippen molar-refractivity contribution in [3.63, 3.8) is 0 Å². The Morgan fingerprint density at radius 2 is 1.57 bits per heavy atom. The average molecular weight is 401 g/mol. The summed E-state index contributed by atoms with van der Waals surface area (Å²) in [5.74, 6) is -1.31. The predicted molar refractivity (Wildman–Crippen MR) is 103 cm³/mol. The number of nitrogens with one attached hydrogen (secondary N) is 2. The molecule has 0 unspecified atom stereocenters. The van der Waals surface area contributed by atoms with E-state index in [1.807, 2.05) is 13.8 Å². The van der Waals surface area contributed by atoms with Gasteiger partial charge in [0.25, 0.3) is 27.7 Å². The van der Waals surface area contributed by atoms with Crippen molar-refractivity contribution in [3.05, 3.63) is 59.2 Å². The number of hydrogen-bond acceptors (Lipinski definition) is 5. The Kier molecular flexibility index (Phi) is 5.19. The number of carbonyl (C=O) groups excluding carboxylic acids is 3. The van der Waals surface area contributed by atoms with Crippen molar-refractivity contribution in [2.75, 3.05) is 17.8 Å². The number of fused-ring (bicyclic) bond motifs is 1. The fraction of sp³-hybridized carbons (Fsp3) is 0.211. The highest BCUT2D eigenvalue weighted by molar-refractivity contribution is 7.92. The number of anilines is 1. The van der Waals surface area contributed by atoms with Crippen molar-refractivity contribution in [1.82, 2.24) is 10.2 Å². The second-order valence-corrected chi connectivity index (χ2v) is 7.83. The molecular weight excluding hydrogens is 382 g/mol. The summed E-state index contributed by atoms with van der Waals surface area (Å²) in [4.78, 5) is 37.2. The van der Waals surface area contributed by atoms with Gasteiger partial charge in [-0.2, -0.15) is 0 Å². The third kappa shape index (κ3) is 3.61. The molecule has 0 aliphatic carbocycles.